The van der Waals surface area contributed by atoms with E-state index in [1.807, 2.05) is 0 Å². The number of tetrazole rings is 1. The summed E-state index contributed by atoms with van der Waals surface area (Å²) in [5, 5.41) is 14.2. The van der Waals surface area contributed by atoms with E-state index in [-0.39, 0.29) is 16.5 Å². The SMILES string of the molecule is O=C(Nc1nn[nH]n1)c1cc(F)c(F)cc1Cl. The Morgan fingerprint density at radius 1 is 1.35 bits per heavy atom. The van der Waals surface area contributed by atoms with E-state index in [2.05, 4.69) is 25.9 Å². The van der Waals surface area contributed by atoms with Gasteiger partial charge < -0.3 is 0 Å². The summed E-state index contributed by atoms with van der Waals surface area (Å²) in [6.07, 6.45) is 0. The zero-order valence-corrected chi connectivity index (χ0v) is 8.79. The van der Waals surface area contributed by atoms with Crippen molar-refractivity contribution >= 4 is 23.5 Å². The maximum absolute atomic E-state index is 12.9. The quantitative estimate of drug-likeness (QED) is 0.798. The lowest BCUT2D eigenvalue weighted by molar-refractivity contribution is 0.102. The largest absolute Gasteiger partial charge is 0.288 e. The lowest BCUT2D eigenvalue weighted by atomic mass is 10.2. The molecule has 0 bridgehead atoms. The Morgan fingerprint density at radius 2 is 2.06 bits per heavy atom. The Labute approximate surface area is 98.0 Å². The van der Waals surface area contributed by atoms with E-state index in [0.29, 0.717) is 12.1 Å². The van der Waals surface area contributed by atoms with Crippen LogP contribution in [0, 0.1) is 11.6 Å². The highest BCUT2D eigenvalue weighted by molar-refractivity contribution is 6.34. The molecule has 0 saturated heterocycles. The Bertz CT molecular complexity index is 559. The fourth-order valence-electron chi connectivity index (χ4n) is 1.08. The van der Waals surface area contributed by atoms with Gasteiger partial charge in [-0.3, -0.25) is 10.1 Å². The maximum atomic E-state index is 12.9. The highest BCUT2D eigenvalue weighted by atomic mass is 35.5. The average Bonchev–Trinajstić information content (AvgIpc) is 2.76. The first-order chi connectivity index (χ1) is 8.08. The van der Waals surface area contributed by atoms with Crippen LogP contribution in [-0.4, -0.2) is 26.5 Å². The lowest BCUT2D eigenvalue weighted by Crippen LogP contribution is -2.14. The van der Waals surface area contributed by atoms with Crippen LogP contribution in [0.2, 0.25) is 5.02 Å². The van der Waals surface area contributed by atoms with Gasteiger partial charge >= 0.3 is 0 Å². The molecule has 2 aromatic rings. The van der Waals surface area contributed by atoms with Crippen molar-refractivity contribution in [1.29, 1.82) is 0 Å². The predicted octanol–water partition coefficient (Wildman–Crippen LogP) is 1.38. The van der Waals surface area contributed by atoms with Gasteiger partial charge in [0, 0.05) is 0 Å². The Balaban J connectivity index is 2.28. The third-order valence-corrected chi connectivity index (χ3v) is 2.14. The van der Waals surface area contributed by atoms with E-state index in [9.17, 15) is 13.6 Å². The topological polar surface area (TPSA) is 83.6 Å². The van der Waals surface area contributed by atoms with Crippen LogP contribution >= 0.6 is 11.6 Å². The number of anilines is 1. The van der Waals surface area contributed by atoms with Crippen molar-refractivity contribution in [3.8, 4) is 0 Å². The number of nitrogens with zero attached hydrogens (tertiary/aromatic N) is 3. The van der Waals surface area contributed by atoms with Crippen molar-refractivity contribution in [3.05, 3.63) is 34.4 Å². The average molecular weight is 260 g/mol. The normalized spacial score (nSPS) is 10.3. The summed E-state index contributed by atoms with van der Waals surface area (Å²) >= 11 is 5.60. The molecule has 0 aliphatic carbocycles. The molecule has 2 rings (SSSR count). The minimum absolute atomic E-state index is 0.101. The fourth-order valence-corrected chi connectivity index (χ4v) is 1.32. The summed E-state index contributed by atoms with van der Waals surface area (Å²) in [6.45, 7) is 0. The minimum Gasteiger partial charge on any atom is -0.288 e. The molecule has 1 aromatic carbocycles. The number of aromatic amines is 1. The second-order valence-corrected chi connectivity index (χ2v) is 3.34. The number of nitrogens with one attached hydrogen (secondary N) is 2. The van der Waals surface area contributed by atoms with Gasteiger partial charge in [-0.05, 0) is 17.3 Å². The van der Waals surface area contributed by atoms with Gasteiger partial charge in [-0.2, -0.15) is 5.21 Å². The van der Waals surface area contributed by atoms with E-state index in [0.717, 1.165) is 0 Å². The number of carbonyl (C=O) groups is 1. The van der Waals surface area contributed by atoms with Crippen molar-refractivity contribution in [2.45, 2.75) is 0 Å². The third-order valence-electron chi connectivity index (χ3n) is 1.83. The molecule has 0 aliphatic heterocycles. The highest BCUT2D eigenvalue weighted by Crippen LogP contribution is 2.20. The number of aromatic nitrogens is 4. The Hall–Kier alpha value is -2.09. The van der Waals surface area contributed by atoms with Crippen molar-refractivity contribution < 1.29 is 13.6 Å². The standard InChI is InChI=1S/C8H4ClF2N5O/c9-4-2-6(11)5(10)1-3(4)7(17)12-8-13-15-16-14-8/h1-2H,(H2,12,13,14,15,16,17). The molecule has 9 heteroatoms. The first-order valence-corrected chi connectivity index (χ1v) is 4.65. The molecule has 0 unspecified atom stereocenters. The van der Waals surface area contributed by atoms with Crippen LogP contribution in [0.25, 0.3) is 0 Å². The van der Waals surface area contributed by atoms with Crippen LogP contribution in [-0.2, 0) is 0 Å². The number of H-pyrrole nitrogens is 1. The van der Waals surface area contributed by atoms with E-state index in [4.69, 9.17) is 11.6 Å². The zero-order valence-electron chi connectivity index (χ0n) is 8.04. The van der Waals surface area contributed by atoms with Crippen LogP contribution < -0.4 is 5.32 Å². The molecule has 0 fully saturated rings. The van der Waals surface area contributed by atoms with Gasteiger partial charge in [-0.1, -0.05) is 16.7 Å². The molecule has 6 nitrogen and oxygen atoms in total. The van der Waals surface area contributed by atoms with Gasteiger partial charge in [0.25, 0.3) is 11.9 Å². The smallest absolute Gasteiger partial charge is 0.270 e. The molecule has 0 aliphatic rings. The second-order valence-electron chi connectivity index (χ2n) is 2.94. The predicted molar refractivity (Wildman–Crippen MR) is 53.5 cm³/mol. The summed E-state index contributed by atoms with van der Waals surface area (Å²) in [7, 11) is 0. The Kier molecular flexibility index (Phi) is 2.96. The number of hydrogen-bond acceptors (Lipinski definition) is 4. The Morgan fingerprint density at radius 3 is 2.71 bits per heavy atom. The van der Waals surface area contributed by atoms with Crippen LogP contribution in [0.5, 0.6) is 0 Å². The molecule has 2 N–H and O–H groups in total. The minimum atomic E-state index is -1.17. The molecule has 0 spiro atoms. The van der Waals surface area contributed by atoms with Gasteiger partial charge in [0.05, 0.1) is 10.6 Å². The molecule has 0 saturated carbocycles. The van der Waals surface area contributed by atoms with E-state index >= 15 is 0 Å². The summed E-state index contributed by atoms with van der Waals surface area (Å²) in [6, 6.07) is 1.40. The maximum Gasteiger partial charge on any atom is 0.270 e. The van der Waals surface area contributed by atoms with Gasteiger partial charge in [-0.25, -0.2) is 8.78 Å². The summed E-state index contributed by atoms with van der Waals surface area (Å²) in [4.78, 5) is 11.6. The summed E-state index contributed by atoms with van der Waals surface area (Å²) in [5.74, 6) is -3.18. The number of carbonyl (C=O) groups excluding carboxylic acids is 1. The summed E-state index contributed by atoms with van der Waals surface area (Å²) in [5.41, 5.74) is -0.227. The van der Waals surface area contributed by atoms with Gasteiger partial charge in [0.15, 0.2) is 11.6 Å². The number of amides is 1. The molecule has 17 heavy (non-hydrogen) atoms. The van der Waals surface area contributed by atoms with Gasteiger partial charge in [0.1, 0.15) is 0 Å². The van der Waals surface area contributed by atoms with Crippen molar-refractivity contribution in [2.24, 2.45) is 0 Å². The molecule has 1 aromatic heterocycles. The van der Waals surface area contributed by atoms with Crippen molar-refractivity contribution in [2.75, 3.05) is 5.32 Å². The number of benzene rings is 1. The van der Waals surface area contributed by atoms with Crippen LogP contribution in [0.4, 0.5) is 14.7 Å². The highest BCUT2D eigenvalue weighted by Gasteiger charge is 2.16. The molecular formula is C8H4ClF2N5O. The van der Waals surface area contributed by atoms with Crippen LogP contribution in [0.3, 0.4) is 0 Å². The second kappa shape index (κ2) is 4.42. The first kappa shape index (κ1) is 11.4. The molecular weight excluding hydrogens is 256 g/mol. The van der Waals surface area contributed by atoms with Crippen LogP contribution in [0.15, 0.2) is 12.1 Å². The van der Waals surface area contributed by atoms with Gasteiger partial charge in [0.2, 0.25) is 0 Å². The molecule has 1 amide bonds. The molecule has 0 atom stereocenters. The molecule has 0 radical (unpaired) electrons. The first-order valence-electron chi connectivity index (χ1n) is 4.27. The van der Waals surface area contributed by atoms with E-state index in [1.165, 1.54) is 0 Å². The summed E-state index contributed by atoms with van der Waals surface area (Å²) < 4.78 is 25.7. The van der Waals surface area contributed by atoms with Crippen LogP contribution in [0.1, 0.15) is 10.4 Å². The fraction of sp³-hybridized carbons (Fsp3) is 0. The van der Waals surface area contributed by atoms with Crippen molar-refractivity contribution in [1.82, 2.24) is 20.6 Å². The van der Waals surface area contributed by atoms with E-state index in [1.54, 1.807) is 0 Å². The zero-order chi connectivity index (χ0) is 12.4. The number of rotatable bonds is 2. The third kappa shape index (κ3) is 2.36. The number of hydrogen-bond donors (Lipinski definition) is 2. The van der Waals surface area contributed by atoms with Crippen molar-refractivity contribution in [3.63, 3.8) is 0 Å². The lowest BCUT2D eigenvalue weighted by Gasteiger charge is -2.03. The van der Waals surface area contributed by atoms with Gasteiger partial charge in [-0.15, -0.1) is 5.10 Å². The van der Waals surface area contributed by atoms with E-state index < -0.39 is 17.5 Å². The molecule has 88 valence electrons. The molecule has 1 heterocycles. The number of halogens is 3. The monoisotopic (exact) mass is 259 g/mol.